The Kier molecular flexibility index (Phi) is 3.68. The number of ether oxygens (including phenoxy) is 1. The molecule has 3 nitrogen and oxygen atoms in total. The minimum Gasteiger partial charge on any atom is -0.402 e. The highest BCUT2D eigenvalue weighted by atomic mass is 79.9. The first-order valence-corrected chi connectivity index (χ1v) is 5.90. The summed E-state index contributed by atoms with van der Waals surface area (Å²) in [5.41, 5.74) is -0.562. The minimum atomic E-state index is -0.288. The van der Waals surface area contributed by atoms with Crippen molar-refractivity contribution < 1.29 is 14.0 Å². The first-order valence-electron chi connectivity index (χ1n) is 4.78. The Labute approximate surface area is 94.8 Å². The lowest BCUT2D eigenvalue weighted by Gasteiger charge is -2.32. The molecule has 0 aromatic carbocycles. The van der Waals surface area contributed by atoms with Crippen LogP contribution >= 0.6 is 15.9 Å². The Morgan fingerprint density at radius 2 is 1.64 bits per heavy atom. The summed E-state index contributed by atoms with van der Waals surface area (Å²) in [5.74, 6) is 0. The smallest absolute Gasteiger partial charge is 0.402 e. The molecule has 1 aliphatic heterocycles. The maximum atomic E-state index is 5.83. The predicted molar refractivity (Wildman–Crippen MR) is 60.7 cm³/mol. The molecule has 0 aliphatic carbocycles. The zero-order valence-corrected chi connectivity index (χ0v) is 11.1. The monoisotopic (exact) mass is 264 g/mol. The Morgan fingerprint density at radius 1 is 1.21 bits per heavy atom. The van der Waals surface area contributed by atoms with E-state index in [1.807, 2.05) is 27.7 Å². The Balaban J connectivity index is 2.71. The molecule has 0 aromatic rings. The van der Waals surface area contributed by atoms with Gasteiger partial charge in [-0.2, -0.15) is 0 Å². The molecule has 0 aromatic heterocycles. The first kappa shape index (κ1) is 12.5. The molecule has 1 unspecified atom stereocenters. The highest BCUT2D eigenvalue weighted by molar-refractivity contribution is 9.09. The van der Waals surface area contributed by atoms with Crippen LogP contribution in [0.2, 0.25) is 0 Å². The van der Waals surface area contributed by atoms with Crippen LogP contribution in [0.1, 0.15) is 27.7 Å². The summed E-state index contributed by atoms with van der Waals surface area (Å²) in [7, 11) is 1.38. The lowest BCUT2D eigenvalue weighted by Crippen LogP contribution is -2.41. The molecule has 14 heavy (non-hydrogen) atoms. The van der Waals surface area contributed by atoms with Crippen LogP contribution in [-0.4, -0.2) is 36.8 Å². The average Bonchev–Trinajstić information content (AvgIpc) is 2.23. The van der Waals surface area contributed by atoms with Crippen molar-refractivity contribution in [2.75, 3.05) is 12.4 Å². The van der Waals surface area contributed by atoms with Gasteiger partial charge in [0.15, 0.2) is 0 Å². The summed E-state index contributed by atoms with van der Waals surface area (Å²) >= 11 is 3.38. The predicted octanol–water partition coefficient (Wildman–Crippen LogP) is 2.03. The molecule has 1 fully saturated rings. The summed E-state index contributed by atoms with van der Waals surface area (Å²) < 4.78 is 16.9. The molecule has 0 radical (unpaired) electrons. The number of hydrogen-bond acceptors (Lipinski definition) is 3. The molecule has 5 heteroatoms. The van der Waals surface area contributed by atoms with E-state index in [1.54, 1.807) is 7.11 Å². The normalized spacial score (nSPS) is 26.6. The van der Waals surface area contributed by atoms with Gasteiger partial charge in [-0.25, -0.2) is 0 Å². The molecular weight excluding hydrogens is 247 g/mol. The number of rotatable bonds is 3. The van der Waals surface area contributed by atoms with E-state index >= 15 is 0 Å². The molecule has 0 bridgehead atoms. The molecule has 1 atom stereocenters. The van der Waals surface area contributed by atoms with Gasteiger partial charge >= 0.3 is 7.12 Å². The standard InChI is InChI=1S/C9H18BBrO3/c1-8(2)9(3,4)14-10(13-8)7(6-11)12-5/h7H,6H2,1-5H3. The highest BCUT2D eigenvalue weighted by Gasteiger charge is 2.53. The number of hydrogen-bond donors (Lipinski definition) is 0. The van der Waals surface area contributed by atoms with Gasteiger partial charge in [-0.05, 0) is 27.7 Å². The maximum absolute atomic E-state index is 5.83. The van der Waals surface area contributed by atoms with E-state index in [9.17, 15) is 0 Å². The highest BCUT2D eigenvalue weighted by Crippen LogP contribution is 2.37. The van der Waals surface area contributed by atoms with E-state index in [0.717, 1.165) is 0 Å². The van der Waals surface area contributed by atoms with Gasteiger partial charge in [-0.3, -0.25) is 0 Å². The second-order valence-corrected chi connectivity index (χ2v) is 5.20. The molecule has 1 saturated heterocycles. The van der Waals surface area contributed by atoms with Gasteiger partial charge in [0.2, 0.25) is 0 Å². The fraction of sp³-hybridized carbons (Fsp3) is 1.00. The van der Waals surface area contributed by atoms with Crippen LogP contribution in [0.5, 0.6) is 0 Å². The molecule has 0 amide bonds. The van der Waals surface area contributed by atoms with Crippen molar-refractivity contribution in [3.63, 3.8) is 0 Å². The molecule has 1 aliphatic rings. The van der Waals surface area contributed by atoms with E-state index in [4.69, 9.17) is 14.0 Å². The second kappa shape index (κ2) is 4.12. The Bertz CT molecular complexity index is 188. The van der Waals surface area contributed by atoms with Crippen molar-refractivity contribution in [1.82, 2.24) is 0 Å². The third-order valence-electron chi connectivity index (χ3n) is 3.03. The van der Waals surface area contributed by atoms with Gasteiger partial charge in [0.25, 0.3) is 0 Å². The lowest BCUT2D eigenvalue weighted by atomic mass is 9.82. The molecule has 0 N–H and O–H groups in total. The Morgan fingerprint density at radius 3 is 1.93 bits per heavy atom. The summed E-state index contributed by atoms with van der Waals surface area (Å²) in [4.78, 5) is 0. The average molecular weight is 265 g/mol. The number of methoxy groups -OCH3 is 1. The molecule has 1 rings (SSSR count). The van der Waals surface area contributed by atoms with Gasteiger partial charge in [-0.15, -0.1) is 0 Å². The van der Waals surface area contributed by atoms with E-state index in [0.29, 0.717) is 5.33 Å². The fourth-order valence-corrected chi connectivity index (χ4v) is 1.86. The molecular formula is C9H18BBrO3. The fourth-order valence-electron chi connectivity index (χ4n) is 1.29. The summed E-state index contributed by atoms with van der Waals surface area (Å²) in [6, 6.07) is -0.0592. The second-order valence-electron chi connectivity index (χ2n) is 4.55. The molecule has 82 valence electrons. The number of halogens is 1. The van der Waals surface area contributed by atoms with Gasteiger partial charge in [-0.1, -0.05) is 15.9 Å². The van der Waals surface area contributed by atoms with Crippen LogP contribution in [0, 0.1) is 0 Å². The maximum Gasteiger partial charge on any atom is 0.489 e. The molecule has 0 spiro atoms. The largest absolute Gasteiger partial charge is 0.489 e. The Hall–Kier alpha value is 0.425. The number of alkyl halides is 1. The summed E-state index contributed by atoms with van der Waals surface area (Å²) in [5, 5.41) is 0.709. The van der Waals surface area contributed by atoms with Gasteiger partial charge in [0.05, 0.1) is 11.2 Å². The van der Waals surface area contributed by atoms with Crippen molar-refractivity contribution in [3.05, 3.63) is 0 Å². The van der Waals surface area contributed by atoms with Crippen LogP contribution in [0.3, 0.4) is 0 Å². The van der Waals surface area contributed by atoms with E-state index in [-0.39, 0.29) is 24.3 Å². The van der Waals surface area contributed by atoms with Crippen LogP contribution < -0.4 is 0 Å². The van der Waals surface area contributed by atoms with Crippen LogP contribution in [0.25, 0.3) is 0 Å². The lowest BCUT2D eigenvalue weighted by molar-refractivity contribution is 0.00578. The van der Waals surface area contributed by atoms with Crippen molar-refractivity contribution in [3.8, 4) is 0 Å². The van der Waals surface area contributed by atoms with Gasteiger partial charge < -0.3 is 14.0 Å². The molecule has 1 heterocycles. The summed E-state index contributed by atoms with van der Waals surface area (Å²) in [6.07, 6.45) is 0. The van der Waals surface area contributed by atoms with Gasteiger partial charge in [0.1, 0.15) is 6.00 Å². The topological polar surface area (TPSA) is 27.7 Å². The summed E-state index contributed by atoms with van der Waals surface area (Å²) in [6.45, 7) is 8.14. The zero-order valence-electron chi connectivity index (χ0n) is 9.46. The van der Waals surface area contributed by atoms with Gasteiger partial charge in [0, 0.05) is 12.4 Å². The van der Waals surface area contributed by atoms with E-state index in [1.165, 1.54) is 0 Å². The van der Waals surface area contributed by atoms with Crippen LogP contribution in [0.15, 0.2) is 0 Å². The quantitative estimate of drug-likeness (QED) is 0.577. The zero-order chi connectivity index (χ0) is 11.0. The van der Waals surface area contributed by atoms with E-state index in [2.05, 4.69) is 15.9 Å². The van der Waals surface area contributed by atoms with Crippen LogP contribution in [0.4, 0.5) is 0 Å². The minimum absolute atomic E-state index is 0.0592. The SMILES string of the molecule is COC(CBr)B1OC(C)(C)C(C)(C)O1. The van der Waals surface area contributed by atoms with Crippen molar-refractivity contribution in [2.45, 2.75) is 44.9 Å². The van der Waals surface area contributed by atoms with Crippen LogP contribution in [-0.2, 0) is 14.0 Å². The van der Waals surface area contributed by atoms with Crippen molar-refractivity contribution >= 4 is 23.0 Å². The van der Waals surface area contributed by atoms with Crippen molar-refractivity contribution in [2.24, 2.45) is 0 Å². The third-order valence-corrected chi connectivity index (χ3v) is 3.67. The van der Waals surface area contributed by atoms with Crippen molar-refractivity contribution in [1.29, 1.82) is 0 Å². The first-order chi connectivity index (χ1) is 6.34. The van der Waals surface area contributed by atoms with E-state index < -0.39 is 0 Å². The molecule has 0 saturated carbocycles. The third kappa shape index (κ3) is 2.16.